The number of carbonyl (C=O) groups excluding carboxylic acids is 2. The Bertz CT molecular complexity index is 603. The maximum absolute atomic E-state index is 11.6. The molecule has 2 rings (SSSR count). The molecule has 1 aliphatic heterocycles. The van der Waals surface area contributed by atoms with Gasteiger partial charge in [-0.05, 0) is 30.7 Å². The van der Waals surface area contributed by atoms with Gasteiger partial charge < -0.3 is 24.8 Å². The van der Waals surface area contributed by atoms with E-state index in [-0.39, 0.29) is 18.1 Å². The third-order valence-corrected chi connectivity index (χ3v) is 3.08. The van der Waals surface area contributed by atoms with Crippen molar-refractivity contribution >= 4 is 18.0 Å². The zero-order chi connectivity index (χ0) is 15.6. The molecule has 0 aromatic heterocycles. The van der Waals surface area contributed by atoms with Crippen LogP contribution in [0.4, 0.5) is 0 Å². The number of ether oxygens (including phenoxy) is 2. The summed E-state index contributed by atoms with van der Waals surface area (Å²) in [5.74, 6) is -2.20. The Morgan fingerprint density at radius 1 is 1.43 bits per heavy atom. The Balaban J connectivity index is 2.00. The quantitative estimate of drug-likeness (QED) is 0.418. The van der Waals surface area contributed by atoms with E-state index < -0.39 is 23.6 Å². The molecule has 1 aromatic carbocycles. The normalized spacial score (nSPS) is 25.0. The SMILES string of the molecule is C[C@]1(O)C(=O)OC[C@H]1OC(=O)C=Cc1ccc(O)c(O)c1. The molecule has 2 atom stereocenters. The van der Waals surface area contributed by atoms with Crippen LogP contribution in [0.5, 0.6) is 11.5 Å². The molecule has 0 aliphatic carbocycles. The zero-order valence-corrected chi connectivity index (χ0v) is 11.1. The van der Waals surface area contributed by atoms with E-state index in [2.05, 4.69) is 4.74 Å². The number of aromatic hydroxyl groups is 2. The fourth-order valence-electron chi connectivity index (χ4n) is 1.73. The second kappa shape index (κ2) is 5.45. The van der Waals surface area contributed by atoms with Crippen LogP contribution in [0.1, 0.15) is 12.5 Å². The molecule has 0 bridgehead atoms. The third-order valence-electron chi connectivity index (χ3n) is 3.08. The van der Waals surface area contributed by atoms with E-state index in [1.54, 1.807) is 0 Å². The summed E-state index contributed by atoms with van der Waals surface area (Å²) in [4.78, 5) is 22.8. The molecule has 0 radical (unpaired) electrons. The molecule has 0 spiro atoms. The standard InChI is InChI=1S/C14H14O7/c1-14(19)11(7-20-13(14)18)21-12(17)5-3-8-2-4-9(15)10(16)6-8/h2-6,11,15-16,19H,7H2,1H3/t11-,14-/m1/s1. The lowest BCUT2D eigenvalue weighted by Gasteiger charge is -2.19. The molecule has 0 amide bonds. The minimum Gasteiger partial charge on any atom is -0.504 e. The Kier molecular flexibility index (Phi) is 3.86. The summed E-state index contributed by atoms with van der Waals surface area (Å²) < 4.78 is 9.56. The molecular formula is C14H14O7. The summed E-state index contributed by atoms with van der Waals surface area (Å²) in [7, 11) is 0. The van der Waals surface area contributed by atoms with Gasteiger partial charge in [-0.2, -0.15) is 0 Å². The molecular weight excluding hydrogens is 280 g/mol. The van der Waals surface area contributed by atoms with E-state index in [1.807, 2.05) is 0 Å². The second-order valence-corrected chi connectivity index (χ2v) is 4.75. The van der Waals surface area contributed by atoms with E-state index in [1.165, 1.54) is 31.2 Å². The molecule has 1 aliphatic rings. The number of carbonyl (C=O) groups is 2. The fraction of sp³-hybridized carbons (Fsp3) is 0.286. The van der Waals surface area contributed by atoms with E-state index in [0.29, 0.717) is 5.56 Å². The van der Waals surface area contributed by atoms with E-state index in [0.717, 1.165) is 6.08 Å². The van der Waals surface area contributed by atoms with E-state index in [9.17, 15) is 19.8 Å². The lowest BCUT2D eigenvalue weighted by molar-refractivity contribution is -0.160. The van der Waals surface area contributed by atoms with Crippen molar-refractivity contribution in [1.29, 1.82) is 0 Å². The smallest absolute Gasteiger partial charge is 0.342 e. The van der Waals surface area contributed by atoms with Crippen molar-refractivity contribution in [3.63, 3.8) is 0 Å². The Morgan fingerprint density at radius 2 is 2.14 bits per heavy atom. The minimum atomic E-state index is -1.86. The van der Waals surface area contributed by atoms with Crippen LogP contribution < -0.4 is 0 Å². The predicted octanol–water partition coefficient (Wildman–Crippen LogP) is 0.331. The van der Waals surface area contributed by atoms with Crippen LogP contribution in [0.3, 0.4) is 0 Å². The molecule has 1 saturated heterocycles. The summed E-state index contributed by atoms with van der Waals surface area (Å²) in [5.41, 5.74) is -1.40. The summed E-state index contributed by atoms with van der Waals surface area (Å²) in [6, 6.07) is 4.02. The first-order valence-corrected chi connectivity index (χ1v) is 6.11. The van der Waals surface area contributed by atoms with Crippen molar-refractivity contribution in [2.45, 2.75) is 18.6 Å². The number of rotatable bonds is 3. The van der Waals surface area contributed by atoms with Gasteiger partial charge in [0.1, 0.15) is 6.61 Å². The molecule has 21 heavy (non-hydrogen) atoms. The lowest BCUT2D eigenvalue weighted by Crippen LogP contribution is -2.43. The summed E-state index contributed by atoms with van der Waals surface area (Å²) in [6.45, 7) is 1.01. The van der Waals surface area contributed by atoms with Gasteiger partial charge in [0.2, 0.25) is 0 Å². The van der Waals surface area contributed by atoms with Crippen molar-refractivity contribution in [1.82, 2.24) is 0 Å². The van der Waals surface area contributed by atoms with Crippen LogP contribution in [-0.4, -0.2) is 45.6 Å². The highest BCUT2D eigenvalue weighted by molar-refractivity contribution is 5.88. The average Bonchev–Trinajstić information content (AvgIpc) is 2.67. The topological polar surface area (TPSA) is 113 Å². The van der Waals surface area contributed by atoms with Crippen molar-refractivity contribution in [3.8, 4) is 11.5 Å². The maximum atomic E-state index is 11.6. The van der Waals surface area contributed by atoms with Crippen LogP contribution >= 0.6 is 0 Å². The Morgan fingerprint density at radius 3 is 2.71 bits per heavy atom. The molecule has 0 unspecified atom stereocenters. The first kappa shape index (κ1) is 14.9. The second-order valence-electron chi connectivity index (χ2n) is 4.75. The fourth-order valence-corrected chi connectivity index (χ4v) is 1.73. The molecule has 0 saturated carbocycles. The number of hydrogen-bond acceptors (Lipinski definition) is 7. The van der Waals surface area contributed by atoms with Crippen molar-refractivity contribution in [2.24, 2.45) is 0 Å². The molecule has 1 fully saturated rings. The van der Waals surface area contributed by atoms with E-state index in [4.69, 9.17) is 9.84 Å². The van der Waals surface area contributed by atoms with Gasteiger partial charge in [-0.3, -0.25) is 0 Å². The number of hydrogen-bond donors (Lipinski definition) is 3. The molecule has 1 aromatic rings. The monoisotopic (exact) mass is 294 g/mol. The first-order valence-electron chi connectivity index (χ1n) is 6.11. The number of aliphatic hydroxyl groups is 1. The van der Waals surface area contributed by atoms with Gasteiger partial charge in [-0.25, -0.2) is 9.59 Å². The third kappa shape index (κ3) is 3.14. The number of esters is 2. The summed E-state index contributed by atoms with van der Waals surface area (Å²) in [5, 5.41) is 28.2. The van der Waals surface area contributed by atoms with Gasteiger partial charge >= 0.3 is 11.9 Å². The first-order chi connectivity index (χ1) is 9.80. The van der Waals surface area contributed by atoms with Crippen LogP contribution in [-0.2, 0) is 19.1 Å². The van der Waals surface area contributed by atoms with Gasteiger partial charge in [-0.15, -0.1) is 0 Å². The van der Waals surface area contributed by atoms with Crippen molar-refractivity contribution < 1.29 is 34.4 Å². The molecule has 7 heteroatoms. The van der Waals surface area contributed by atoms with Gasteiger partial charge in [0, 0.05) is 6.08 Å². The minimum absolute atomic E-state index is 0.203. The van der Waals surface area contributed by atoms with Crippen molar-refractivity contribution in [3.05, 3.63) is 29.8 Å². The highest BCUT2D eigenvalue weighted by Gasteiger charge is 2.49. The van der Waals surface area contributed by atoms with Crippen LogP contribution in [0.2, 0.25) is 0 Å². The number of phenols is 2. The van der Waals surface area contributed by atoms with Gasteiger partial charge in [-0.1, -0.05) is 6.07 Å². The Labute approximate surface area is 120 Å². The summed E-state index contributed by atoms with van der Waals surface area (Å²) >= 11 is 0. The highest BCUT2D eigenvalue weighted by Crippen LogP contribution is 2.26. The molecule has 112 valence electrons. The lowest BCUT2D eigenvalue weighted by atomic mass is 10.0. The molecule has 3 N–H and O–H groups in total. The zero-order valence-electron chi connectivity index (χ0n) is 11.1. The maximum Gasteiger partial charge on any atom is 0.342 e. The van der Waals surface area contributed by atoms with Gasteiger partial charge in [0.15, 0.2) is 23.2 Å². The highest BCUT2D eigenvalue weighted by atomic mass is 16.6. The average molecular weight is 294 g/mol. The van der Waals surface area contributed by atoms with Crippen LogP contribution in [0, 0.1) is 0 Å². The van der Waals surface area contributed by atoms with Crippen LogP contribution in [0.15, 0.2) is 24.3 Å². The van der Waals surface area contributed by atoms with E-state index >= 15 is 0 Å². The number of cyclic esters (lactones) is 1. The largest absolute Gasteiger partial charge is 0.504 e. The van der Waals surface area contributed by atoms with Gasteiger partial charge in [0.05, 0.1) is 0 Å². The number of benzene rings is 1. The molecule has 7 nitrogen and oxygen atoms in total. The summed E-state index contributed by atoms with van der Waals surface area (Å²) in [6.07, 6.45) is 1.36. The Hall–Kier alpha value is -2.54. The predicted molar refractivity (Wildman–Crippen MR) is 70.3 cm³/mol. The van der Waals surface area contributed by atoms with Crippen molar-refractivity contribution in [2.75, 3.05) is 6.61 Å². The molecule has 1 heterocycles. The van der Waals surface area contributed by atoms with Crippen LogP contribution in [0.25, 0.3) is 6.08 Å². The van der Waals surface area contributed by atoms with Gasteiger partial charge in [0.25, 0.3) is 0 Å². The number of phenolic OH excluding ortho intramolecular Hbond substituents is 2.